The normalized spacial score (nSPS) is 39.8. The number of carbonyl (C=O) groups excluding carboxylic acids is 1. The zero-order valence-electron chi connectivity index (χ0n) is 11.7. The molecule has 3 atom stereocenters. The Kier molecular flexibility index (Phi) is 4.05. The number of carbonyl (C=O) groups is 1. The largest absolute Gasteiger partial charge is 0.366 e. The number of rotatable bonds is 2. The fraction of sp³-hybridized carbons (Fsp3) is 0.929. The van der Waals surface area contributed by atoms with Crippen LogP contribution in [0.5, 0.6) is 0 Å². The number of nitrogens with zero attached hydrogens (tertiary/aromatic N) is 1. The van der Waals surface area contributed by atoms with Crippen molar-refractivity contribution in [2.45, 2.75) is 56.3 Å². The molecule has 5 heteroatoms. The van der Waals surface area contributed by atoms with Gasteiger partial charge in [-0.05, 0) is 32.7 Å². The van der Waals surface area contributed by atoms with E-state index in [1.54, 1.807) is 0 Å². The summed E-state index contributed by atoms with van der Waals surface area (Å²) in [6.07, 6.45) is 5.79. The van der Waals surface area contributed by atoms with Crippen molar-refractivity contribution >= 4 is 5.91 Å². The molecule has 0 radical (unpaired) electrons. The summed E-state index contributed by atoms with van der Waals surface area (Å²) in [7, 11) is 2.24. The average molecular weight is 267 g/mol. The third kappa shape index (κ3) is 2.93. The minimum atomic E-state index is -0.298. The molecule has 108 valence electrons. The molecule has 0 spiro atoms. The molecule has 0 aromatic carbocycles. The summed E-state index contributed by atoms with van der Waals surface area (Å²) in [5.74, 6) is 0.0693. The lowest BCUT2D eigenvalue weighted by Crippen LogP contribution is -2.57. The lowest BCUT2D eigenvalue weighted by molar-refractivity contribution is -0.135. The molecule has 0 saturated carbocycles. The van der Waals surface area contributed by atoms with Crippen LogP contribution in [0, 0.1) is 0 Å². The van der Waals surface area contributed by atoms with E-state index in [0.717, 1.165) is 19.4 Å². The van der Waals surface area contributed by atoms with Gasteiger partial charge in [0.1, 0.15) is 6.10 Å². The van der Waals surface area contributed by atoms with Gasteiger partial charge in [0.05, 0.1) is 6.61 Å². The van der Waals surface area contributed by atoms with Gasteiger partial charge in [-0.15, -0.1) is 0 Å². The maximum absolute atomic E-state index is 12.2. The van der Waals surface area contributed by atoms with E-state index in [-0.39, 0.29) is 12.0 Å². The number of morpholine rings is 1. The fourth-order valence-corrected chi connectivity index (χ4v) is 3.76. The van der Waals surface area contributed by atoms with Crippen molar-refractivity contribution in [3.63, 3.8) is 0 Å². The van der Waals surface area contributed by atoms with Crippen molar-refractivity contribution in [2.75, 3.05) is 26.7 Å². The number of nitrogens with one attached hydrogen (secondary N) is 2. The molecule has 3 aliphatic heterocycles. The molecule has 3 aliphatic rings. The van der Waals surface area contributed by atoms with Gasteiger partial charge in [0.15, 0.2) is 0 Å². The van der Waals surface area contributed by atoms with Gasteiger partial charge in [-0.2, -0.15) is 0 Å². The minimum absolute atomic E-state index is 0.0693. The molecule has 5 nitrogen and oxygen atoms in total. The van der Waals surface area contributed by atoms with E-state index in [1.165, 1.54) is 19.3 Å². The molecule has 3 heterocycles. The first-order valence-electron chi connectivity index (χ1n) is 7.58. The molecule has 3 unspecified atom stereocenters. The summed E-state index contributed by atoms with van der Waals surface area (Å²) in [5, 5.41) is 6.41. The van der Waals surface area contributed by atoms with Gasteiger partial charge in [-0.1, -0.05) is 6.42 Å². The Labute approximate surface area is 115 Å². The molecule has 2 bridgehead atoms. The van der Waals surface area contributed by atoms with Crippen LogP contribution in [0.4, 0.5) is 0 Å². The lowest BCUT2D eigenvalue weighted by Gasteiger charge is -2.47. The van der Waals surface area contributed by atoms with Crippen LogP contribution in [0.3, 0.4) is 0 Å². The summed E-state index contributed by atoms with van der Waals surface area (Å²) in [4.78, 5) is 14.7. The molecule has 19 heavy (non-hydrogen) atoms. The average Bonchev–Trinajstić information content (AvgIpc) is 2.41. The third-order valence-corrected chi connectivity index (χ3v) is 4.91. The van der Waals surface area contributed by atoms with Crippen molar-refractivity contribution in [1.82, 2.24) is 15.5 Å². The highest BCUT2D eigenvalue weighted by Crippen LogP contribution is 2.32. The van der Waals surface area contributed by atoms with Crippen LogP contribution in [0.15, 0.2) is 0 Å². The van der Waals surface area contributed by atoms with Gasteiger partial charge in [-0.25, -0.2) is 0 Å². The highest BCUT2D eigenvalue weighted by molar-refractivity contribution is 5.81. The smallest absolute Gasteiger partial charge is 0.250 e. The van der Waals surface area contributed by atoms with Crippen molar-refractivity contribution in [3.8, 4) is 0 Å². The summed E-state index contributed by atoms with van der Waals surface area (Å²) < 4.78 is 5.51. The van der Waals surface area contributed by atoms with E-state index < -0.39 is 0 Å². The van der Waals surface area contributed by atoms with Gasteiger partial charge in [0, 0.05) is 31.2 Å². The number of ether oxygens (including phenoxy) is 1. The molecule has 3 fully saturated rings. The molecule has 3 rings (SSSR count). The number of amides is 1. The molecule has 3 saturated heterocycles. The van der Waals surface area contributed by atoms with Crippen molar-refractivity contribution < 1.29 is 9.53 Å². The van der Waals surface area contributed by atoms with E-state index in [1.807, 2.05) is 0 Å². The Morgan fingerprint density at radius 3 is 2.68 bits per heavy atom. The fourth-order valence-electron chi connectivity index (χ4n) is 3.76. The Morgan fingerprint density at radius 2 is 2.05 bits per heavy atom. The molecule has 0 aromatic rings. The van der Waals surface area contributed by atoms with Crippen LogP contribution < -0.4 is 10.6 Å². The first-order chi connectivity index (χ1) is 9.24. The van der Waals surface area contributed by atoms with Gasteiger partial charge in [-0.3, -0.25) is 4.79 Å². The molecule has 0 aliphatic carbocycles. The van der Waals surface area contributed by atoms with Crippen LogP contribution in [0.2, 0.25) is 0 Å². The van der Waals surface area contributed by atoms with Crippen molar-refractivity contribution in [3.05, 3.63) is 0 Å². The predicted molar refractivity (Wildman–Crippen MR) is 73.0 cm³/mol. The molecular formula is C14H25N3O2. The van der Waals surface area contributed by atoms with E-state index in [9.17, 15) is 4.79 Å². The Hall–Kier alpha value is -0.650. The van der Waals surface area contributed by atoms with Crippen molar-refractivity contribution in [1.29, 1.82) is 0 Å². The Balaban J connectivity index is 1.54. The second-order valence-corrected chi connectivity index (χ2v) is 6.14. The Morgan fingerprint density at radius 1 is 1.32 bits per heavy atom. The third-order valence-electron chi connectivity index (χ3n) is 4.91. The zero-order chi connectivity index (χ0) is 13.2. The van der Waals surface area contributed by atoms with E-state index in [2.05, 4.69) is 22.6 Å². The topological polar surface area (TPSA) is 53.6 Å². The standard InChI is InChI=1S/C14H25N3O2/c1-17-11-3-2-4-12(17)8-10(7-11)16-14(18)13-9-15-5-6-19-13/h10-13,15H,2-9H2,1H3,(H,16,18). The number of hydrogen-bond donors (Lipinski definition) is 2. The van der Waals surface area contributed by atoms with Gasteiger partial charge >= 0.3 is 0 Å². The highest BCUT2D eigenvalue weighted by Gasteiger charge is 2.37. The van der Waals surface area contributed by atoms with Gasteiger partial charge in [0.25, 0.3) is 5.91 Å². The SMILES string of the molecule is CN1C2CCCC1CC(NC(=O)C1CNCCO1)C2. The predicted octanol–water partition coefficient (Wildman–Crippen LogP) is 0.106. The summed E-state index contributed by atoms with van der Waals surface area (Å²) in [6, 6.07) is 1.65. The second kappa shape index (κ2) is 5.77. The van der Waals surface area contributed by atoms with Crippen LogP contribution in [-0.2, 0) is 9.53 Å². The Bertz CT molecular complexity index is 317. The maximum Gasteiger partial charge on any atom is 0.250 e. The molecule has 2 N–H and O–H groups in total. The number of piperidine rings is 2. The van der Waals surface area contributed by atoms with E-state index >= 15 is 0 Å². The molecule has 1 amide bonds. The first kappa shape index (κ1) is 13.3. The van der Waals surface area contributed by atoms with Crippen LogP contribution in [-0.4, -0.2) is 61.8 Å². The summed E-state index contributed by atoms with van der Waals surface area (Å²) in [6.45, 7) is 2.13. The van der Waals surface area contributed by atoms with Crippen LogP contribution in [0.25, 0.3) is 0 Å². The van der Waals surface area contributed by atoms with Crippen LogP contribution >= 0.6 is 0 Å². The van der Waals surface area contributed by atoms with Gasteiger partial charge < -0.3 is 20.3 Å². The summed E-state index contributed by atoms with van der Waals surface area (Å²) >= 11 is 0. The summed E-state index contributed by atoms with van der Waals surface area (Å²) in [5.41, 5.74) is 0. The second-order valence-electron chi connectivity index (χ2n) is 6.14. The molecule has 0 aromatic heterocycles. The minimum Gasteiger partial charge on any atom is -0.366 e. The quantitative estimate of drug-likeness (QED) is 0.745. The van der Waals surface area contributed by atoms with Gasteiger partial charge in [0.2, 0.25) is 0 Å². The number of fused-ring (bicyclic) bond motifs is 2. The monoisotopic (exact) mass is 267 g/mol. The van der Waals surface area contributed by atoms with E-state index in [4.69, 9.17) is 4.74 Å². The molecular weight excluding hydrogens is 242 g/mol. The first-order valence-corrected chi connectivity index (χ1v) is 7.58. The van der Waals surface area contributed by atoms with Crippen molar-refractivity contribution in [2.24, 2.45) is 0 Å². The highest BCUT2D eigenvalue weighted by atomic mass is 16.5. The lowest BCUT2D eigenvalue weighted by atomic mass is 9.82. The number of hydrogen-bond acceptors (Lipinski definition) is 4. The van der Waals surface area contributed by atoms with Crippen LogP contribution in [0.1, 0.15) is 32.1 Å². The van der Waals surface area contributed by atoms with E-state index in [0.29, 0.717) is 31.3 Å². The maximum atomic E-state index is 12.2. The zero-order valence-corrected chi connectivity index (χ0v) is 11.7.